The van der Waals surface area contributed by atoms with E-state index in [9.17, 15) is 4.79 Å². The number of carbonyl (C=O) groups excluding carboxylic acids is 1. The Kier molecular flexibility index (Phi) is 4.46. The molecule has 2 aliphatic heterocycles. The smallest absolute Gasteiger partial charge is 0.282 e. The maximum Gasteiger partial charge on any atom is 0.282 e. The van der Waals surface area contributed by atoms with Crippen LogP contribution in [0.2, 0.25) is 0 Å². The summed E-state index contributed by atoms with van der Waals surface area (Å²) in [5.41, 5.74) is 8.77. The molecule has 0 aliphatic carbocycles. The highest BCUT2D eigenvalue weighted by Gasteiger charge is 2.27. The number of hydrogen-bond acceptors (Lipinski definition) is 6. The van der Waals surface area contributed by atoms with E-state index in [1.54, 1.807) is 0 Å². The predicted molar refractivity (Wildman–Crippen MR) is 103 cm³/mol. The summed E-state index contributed by atoms with van der Waals surface area (Å²) in [7, 11) is 0. The molecule has 0 unspecified atom stereocenters. The summed E-state index contributed by atoms with van der Waals surface area (Å²) in [6.45, 7) is 2.18. The lowest BCUT2D eigenvalue weighted by Gasteiger charge is -2.13. The Labute approximate surface area is 155 Å². The van der Waals surface area contributed by atoms with Gasteiger partial charge in [0, 0.05) is 47.9 Å². The van der Waals surface area contributed by atoms with Gasteiger partial charge in [0.15, 0.2) is 5.01 Å². The van der Waals surface area contributed by atoms with E-state index < -0.39 is 0 Å². The second kappa shape index (κ2) is 6.92. The summed E-state index contributed by atoms with van der Waals surface area (Å²) in [5, 5.41) is 8.03. The van der Waals surface area contributed by atoms with Crippen molar-refractivity contribution in [2.75, 3.05) is 19.7 Å². The van der Waals surface area contributed by atoms with Crippen LogP contribution in [0.5, 0.6) is 5.75 Å². The van der Waals surface area contributed by atoms with E-state index in [2.05, 4.69) is 4.98 Å². The first-order chi connectivity index (χ1) is 12.7. The zero-order valence-corrected chi connectivity index (χ0v) is 15.1. The van der Waals surface area contributed by atoms with E-state index in [-0.39, 0.29) is 5.91 Å². The topological polar surface area (TPSA) is 92.3 Å². The van der Waals surface area contributed by atoms with Gasteiger partial charge in [-0.1, -0.05) is 6.07 Å². The van der Waals surface area contributed by atoms with Crippen molar-refractivity contribution in [3.63, 3.8) is 0 Å². The molecule has 2 aromatic rings. The largest absolute Gasteiger partial charge is 0.492 e. The molecule has 1 aromatic carbocycles. The highest BCUT2D eigenvalue weighted by Crippen LogP contribution is 2.39. The van der Waals surface area contributed by atoms with Crippen LogP contribution in [0.3, 0.4) is 0 Å². The number of allylic oxidation sites excluding steroid dienone is 1. The molecule has 1 aromatic heterocycles. The van der Waals surface area contributed by atoms with E-state index in [0.717, 1.165) is 54.0 Å². The van der Waals surface area contributed by atoms with Gasteiger partial charge in [-0.3, -0.25) is 4.79 Å². The van der Waals surface area contributed by atoms with Crippen LogP contribution in [0.1, 0.15) is 33.1 Å². The van der Waals surface area contributed by atoms with Gasteiger partial charge in [-0.15, -0.1) is 11.3 Å². The van der Waals surface area contributed by atoms with E-state index in [4.69, 9.17) is 15.9 Å². The predicted octanol–water partition coefficient (Wildman–Crippen LogP) is 2.93. The lowest BCUT2D eigenvalue weighted by Crippen LogP contribution is -2.27. The molecule has 6 nitrogen and oxygen atoms in total. The molecule has 0 bridgehead atoms. The number of fused-ring (bicyclic) bond motifs is 3. The van der Waals surface area contributed by atoms with Crippen molar-refractivity contribution in [1.82, 2.24) is 9.88 Å². The molecular weight excluding hydrogens is 348 g/mol. The first-order valence-corrected chi connectivity index (χ1v) is 9.52. The second-order valence-corrected chi connectivity index (χ2v) is 7.45. The molecule has 3 N–H and O–H groups in total. The Morgan fingerprint density at radius 1 is 1.35 bits per heavy atom. The molecule has 1 amide bonds. The van der Waals surface area contributed by atoms with Crippen LogP contribution in [-0.4, -0.2) is 41.7 Å². The van der Waals surface area contributed by atoms with Crippen LogP contribution in [0, 0.1) is 5.41 Å². The van der Waals surface area contributed by atoms with Crippen molar-refractivity contribution < 1.29 is 9.53 Å². The number of likely N-dealkylation sites (tertiary alicyclic amines) is 1. The van der Waals surface area contributed by atoms with Gasteiger partial charge >= 0.3 is 0 Å². The Hall–Kier alpha value is -2.67. The Bertz CT molecular complexity index is 897. The average Bonchev–Trinajstić information content (AvgIpc) is 3.30. The summed E-state index contributed by atoms with van der Waals surface area (Å²) in [6.07, 6.45) is 5.50. The van der Waals surface area contributed by atoms with E-state index in [1.165, 1.54) is 23.8 Å². The van der Waals surface area contributed by atoms with E-state index >= 15 is 0 Å². The number of carbonyl (C=O) groups is 1. The maximum atomic E-state index is 12.7. The van der Waals surface area contributed by atoms with Crippen LogP contribution >= 0.6 is 11.3 Å². The first-order valence-electron chi connectivity index (χ1n) is 8.70. The standard InChI is InChI=1S/C19H20N4O2S/c20-10-13(11-21)12-3-4-14-15(9-12)25-8-5-16-17(14)22-18(26-16)19(24)23-6-1-2-7-23/h3-4,9-11,20H,1-2,5-8,21H2/b13-11+,20-10?. The number of nitrogens with zero attached hydrogens (tertiary/aromatic N) is 2. The van der Waals surface area contributed by atoms with Gasteiger partial charge in [-0.2, -0.15) is 0 Å². The fourth-order valence-corrected chi connectivity index (χ4v) is 4.40. The molecule has 26 heavy (non-hydrogen) atoms. The van der Waals surface area contributed by atoms with E-state index in [0.29, 0.717) is 22.9 Å². The van der Waals surface area contributed by atoms with Crippen molar-refractivity contribution in [2.45, 2.75) is 19.3 Å². The third-order valence-electron chi connectivity index (χ3n) is 4.77. The fourth-order valence-electron chi connectivity index (χ4n) is 3.38. The van der Waals surface area contributed by atoms with E-state index in [1.807, 2.05) is 23.1 Å². The normalized spacial score (nSPS) is 16.5. The van der Waals surface area contributed by atoms with Crippen molar-refractivity contribution >= 4 is 29.0 Å². The molecule has 134 valence electrons. The number of amides is 1. The zero-order chi connectivity index (χ0) is 18.1. The zero-order valence-electron chi connectivity index (χ0n) is 14.3. The molecule has 0 atom stereocenters. The number of hydrogen-bond donors (Lipinski definition) is 2. The monoisotopic (exact) mass is 368 g/mol. The number of aromatic nitrogens is 1. The first kappa shape index (κ1) is 16.8. The SMILES string of the molecule is N=C/C(=C\N)c1ccc2c(c1)OCCc1sc(C(=O)N3CCCC3)nc1-2. The van der Waals surface area contributed by atoms with Crippen LogP contribution < -0.4 is 10.5 Å². The van der Waals surface area contributed by atoms with Crippen LogP contribution in [0.15, 0.2) is 24.4 Å². The minimum absolute atomic E-state index is 0.0387. The Morgan fingerprint density at radius 2 is 2.15 bits per heavy atom. The van der Waals surface area contributed by atoms with Gasteiger partial charge in [0.05, 0.1) is 12.3 Å². The highest BCUT2D eigenvalue weighted by atomic mass is 32.1. The number of rotatable bonds is 3. The van der Waals surface area contributed by atoms with Crippen LogP contribution in [0.4, 0.5) is 0 Å². The third-order valence-corrected chi connectivity index (χ3v) is 5.87. The van der Waals surface area contributed by atoms with Gasteiger partial charge in [-0.25, -0.2) is 4.98 Å². The number of benzene rings is 1. The summed E-state index contributed by atoms with van der Waals surface area (Å²) in [4.78, 5) is 20.3. The number of ether oxygens (including phenoxy) is 1. The Morgan fingerprint density at radius 3 is 2.88 bits per heavy atom. The average molecular weight is 368 g/mol. The summed E-state index contributed by atoms with van der Waals surface area (Å²) < 4.78 is 5.90. The van der Waals surface area contributed by atoms with Gasteiger partial charge in [0.2, 0.25) is 0 Å². The second-order valence-electron chi connectivity index (χ2n) is 6.37. The minimum atomic E-state index is 0.0387. The van der Waals surface area contributed by atoms with Gasteiger partial charge < -0.3 is 20.8 Å². The highest BCUT2D eigenvalue weighted by molar-refractivity contribution is 7.14. The van der Waals surface area contributed by atoms with Gasteiger partial charge in [0.25, 0.3) is 5.91 Å². The van der Waals surface area contributed by atoms with Gasteiger partial charge in [0.1, 0.15) is 5.75 Å². The van der Waals surface area contributed by atoms with Crippen molar-refractivity contribution in [3.8, 4) is 17.0 Å². The number of thiazole rings is 1. The third kappa shape index (κ3) is 2.88. The minimum Gasteiger partial charge on any atom is -0.492 e. The van der Waals surface area contributed by atoms with Crippen LogP contribution in [0.25, 0.3) is 16.8 Å². The molecule has 1 saturated heterocycles. The molecule has 2 aliphatic rings. The fraction of sp³-hybridized carbons (Fsp3) is 0.316. The Balaban J connectivity index is 1.73. The quantitative estimate of drug-likeness (QED) is 0.815. The number of nitrogens with one attached hydrogen (secondary N) is 1. The summed E-state index contributed by atoms with van der Waals surface area (Å²) >= 11 is 1.48. The summed E-state index contributed by atoms with van der Waals surface area (Å²) in [5.74, 6) is 0.754. The molecule has 0 saturated carbocycles. The molecular formula is C19H20N4O2S. The molecule has 0 spiro atoms. The van der Waals surface area contributed by atoms with Crippen LogP contribution in [-0.2, 0) is 6.42 Å². The van der Waals surface area contributed by atoms with Crippen molar-refractivity contribution in [3.05, 3.63) is 39.8 Å². The molecule has 1 fully saturated rings. The van der Waals surface area contributed by atoms with Crippen molar-refractivity contribution in [1.29, 1.82) is 5.41 Å². The molecule has 3 heterocycles. The maximum absolute atomic E-state index is 12.7. The lowest BCUT2D eigenvalue weighted by atomic mass is 10.0. The summed E-state index contributed by atoms with van der Waals surface area (Å²) in [6, 6.07) is 5.73. The molecule has 4 rings (SSSR count). The molecule has 7 heteroatoms. The van der Waals surface area contributed by atoms with Gasteiger partial charge in [-0.05, 0) is 30.5 Å². The molecule has 0 radical (unpaired) electrons. The lowest BCUT2D eigenvalue weighted by molar-refractivity contribution is 0.0792. The van der Waals surface area contributed by atoms with Crippen molar-refractivity contribution in [2.24, 2.45) is 5.73 Å². The number of nitrogens with two attached hydrogens (primary N) is 1.